The first-order chi connectivity index (χ1) is 9.45. The van der Waals surface area contributed by atoms with E-state index in [4.69, 9.17) is 5.84 Å². The van der Waals surface area contributed by atoms with E-state index in [1.54, 1.807) is 0 Å². The zero-order valence-corrected chi connectivity index (χ0v) is 9.93. The lowest BCUT2D eigenvalue weighted by Crippen LogP contribution is -2.30. The molecule has 0 aliphatic rings. The average molecular weight is 288 g/mol. The second-order valence-electron chi connectivity index (χ2n) is 4.03. The molecule has 0 radical (unpaired) electrons. The molecule has 0 spiro atoms. The molecule has 1 atom stereocenters. The summed E-state index contributed by atoms with van der Waals surface area (Å²) in [4.78, 5) is 0. The summed E-state index contributed by atoms with van der Waals surface area (Å²) in [6.45, 7) is 0. The second kappa shape index (κ2) is 5.56. The van der Waals surface area contributed by atoms with Crippen molar-refractivity contribution in [1.82, 2.24) is 5.43 Å². The van der Waals surface area contributed by atoms with E-state index >= 15 is 0 Å². The molecule has 2 aromatic carbocycles. The van der Waals surface area contributed by atoms with E-state index in [-0.39, 0.29) is 5.56 Å². The fourth-order valence-corrected chi connectivity index (χ4v) is 1.87. The van der Waals surface area contributed by atoms with Crippen LogP contribution < -0.4 is 11.3 Å². The maximum atomic E-state index is 13.7. The number of halogens is 5. The fourth-order valence-electron chi connectivity index (χ4n) is 1.87. The van der Waals surface area contributed by atoms with Crippen molar-refractivity contribution in [2.75, 3.05) is 0 Å². The van der Waals surface area contributed by atoms with E-state index in [1.165, 1.54) is 0 Å². The van der Waals surface area contributed by atoms with Gasteiger partial charge in [0.05, 0.1) is 6.04 Å². The van der Waals surface area contributed by atoms with Crippen molar-refractivity contribution in [1.29, 1.82) is 0 Å². The van der Waals surface area contributed by atoms with Gasteiger partial charge >= 0.3 is 0 Å². The Hall–Kier alpha value is -1.99. The third kappa shape index (κ3) is 2.50. The first-order valence-corrected chi connectivity index (χ1v) is 5.50. The predicted octanol–water partition coefficient (Wildman–Crippen LogP) is 2.93. The number of nitrogens with two attached hydrogens (primary N) is 1. The van der Waals surface area contributed by atoms with Crippen LogP contribution in [0.1, 0.15) is 17.2 Å². The monoisotopic (exact) mass is 288 g/mol. The Balaban J connectivity index is 2.59. The highest BCUT2D eigenvalue weighted by molar-refractivity contribution is 5.34. The lowest BCUT2D eigenvalue weighted by Gasteiger charge is -2.18. The van der Waals surface area contributed by atoms with Gasteiger partial charge in [-0.05, 0) is 29.8 Å². The third-order valence-electron chi connectivity index (χ3n) is 2.79. The van der Waals surface area contributed by atoms with Crippen LogP contribution in [0.25, 0.3) is 0 Å². The molecule has 0 fully saturated rings. The normalized spacial score (nSPS) is 12.5. The Morgan fingerprint density at radius 1 is 0.850 bits per heavy atom. The Kier molecular flexibility index (Phi) is 4.01. The number of hydrogen-bond acceptors (Lipinski definition) is 2. The standard InChI is InChI=1S/C13H9F5N2/c14-7-2-1-3-8(15)11(7)13(20-19)6-4-9(16)12(18)10(17)5-6/h1-5,13,20H,19H2. The van der Waals surface area contributed by atoms with Gasteiger partial charge in [0.15, 0.2) is 17.5 Å². The summed E-state index contributed by atoms with van der Waals surface area (Å²) in [7, 11) is 0. The van der Waals surface area contributed by atoms with E-state index in [2.05, 4.69) is 5.43 Å². The molecule has 0 saturated carbocycles. The van der Waals surface area contributed by atoms with Gasteiger partial charge in [0.25, 0.3) is 0 Å². The molecule has 20 heavy (non-hydrogen) atoms. The molecule has 2 aromatic rings. The van der Waals surface area contributed by atoms with Crippen LogP contribution in [0.2, 0.25) is 0 Å². The van der Waals surface area contributed by atoms with Crippen molar-refractivity contribution in [2.45, 2.75) is 6.04 Å². The molecule has 0 saturated heterocycles. The summed E-state index contributed by atoms with van der Waals surface area (Å²) >= 11 is 0. The molecule has 0 aliphatic heterocycles. The maximum absolute atomic E-state index is 13.7. The zero-order chi connectivity index (χ0) is 14.9. The van der Waals surface area contributed by atoms with Crippen LogP contribution in [0, 0.1) is 29.1 Å². The quantitative estimate of drug-likeness (QED) is 0.394. The van der Waals surface area contributed by atoms with E-state index in [9.17, 15) is 22.0 Å². The Labute approximate surface area is 111 Å². The van der Waals surface area contributed by atoms with Crippen LogP contribution in [0.4, 0.5) is 22.0 Å². The molecule has 7 heteroatoms. The molecular formula is C13H9F5N2. The van der Waals surface area contributed by atoms with Crippen molar-refractivity contribution >= 4 is 0 Å². The average Bonchev–Trinajstić information content (AvgIpc) is 2.40. The molecule has 0 aliphatic carbocycles. The smallest absolute Gasteiger partial charge is 0.194 e. The maximum Gasteiger partial charge on any atom is 0.194 e. The third-order valence-corrected chi connectivity index (χ3v) is 2.79. The van der Waals surface area contributed by atoms with Gasteiger partial charge in [0.2, 0.25) is 0 Å². The molecular weight excluding hydrogens is 279 g/mol. The van der Waals surface area contributed by atoms with E-state index in [0.29, 0.717) is 12.1 Å². The second-order valence-corrected chi connectivity index (χ2v) is 4.03. The van der Waals surface area contributed by atoms with Gasteiger partial charge in [-0.3, -0.25) is 5.84 Å². The molecule has 0 amide bonds. The van der Waals surface area contributed by atoms with Gasteiger partial charge in [0, 0.05) is 5.56 Å². The number of hydrazine groups is 1. The highest BCUT2D eigenvalue weighted by atomic mass is 19.2. The Bertz CT molecular complexity index is 601. The summed E-state index contributed by atoms with van der Waals surface area (Å²) in [5.41, 5.74) is 1.30. The minimum Gasteiger partial charge on any atom is -0.271 e. The van der Waals surface area contributed by atoms with Crippen molar-refractivity contribution in [3.8, 4) is 0 Å². The highest BCUT2D eigenvalue weighted by Gasteiger charge is 2.23. The number of rotatable bonds is 3. The van der Waals surface area contributed by atoms with Crippen molar-refractivity contribution in [3.05, 3.63) is 70.5 Å². The van der Waals surface area contributed by atoms with Gasteiger partial charge in [-0.25, -0.2) is 27.4 Å². The van der Waals surface area contributed by atoms with E-state index in [1.807, 2.05) is 0 Å². The summed E-state index contributed by atoms with van der Waals surface area (Å²) in [6, 6.07) is 2.95. The number of hydrogen-bond donors (Lipinski definition) is 2. The Morgan fingerprint density at radius 2 is 1.35 bits per heavy atom. The van der Waals surface area contributed by atoms with Crippen molar-refractivity contribution in [2.24, 2.45) is 5.84 Å². The van der Waals surface area contributed by atoms with Crippen molar-refractivity contribution in [3.63, 3.8) is 0 Å². The summed E-state index contributed by atoms with van der Waals surface area (Å²) in [5, 5.41) is 0. The molecule has 0 heterocycles. The number of benzene rings is 2. The van der Waals surface area contributed by atoms with Crippen LogP contribution in [0.5, 0.6) is 0 Å². The highest BCUT2D eigenvalue weighted by Crippen LogP contribution is 2.28. The summed E-state index contributed by atoms with van der Waals surface area (Å²) in [5.74, 6) is -1.32. The topological polar surface area (TPSA) is 38.0 Å². The molecule has 2 rings (SSSR count). The van der Waals surface area contributed by atoms with Crippen LogP contribution in [-0.4, -0.2) is 0 Å². The van der Waals surface area contributed by atoms with E-state index < -0.39 is 40.7 Å². The van der Waals surface area contributed by atoms with Crippen LogP contribution in [0.15, 0.2) is 30.3 Å². The minimum atomic E-state index is -1.67. The van der Waals surface area contributed by atoms with Gasteiger partial charge in [-0.1, -0.05) is 6.07 Å². The largest absolute Gasteiger partial charge is 0.271 e. The molecule has 0 aromatic heterocycles. The molecule has 3 N–H and O–H groups in total. The van der Waals surface area contributed by atoms with Crippen molar-refractivity contribution < 1.29 is 22.0 Å². The summed E-state index contributed by atoms with van der Waals surface area (Å²) < 4.78 is 66.6. The van der Waals surface area contributed by atoms with Crippen LogP contribution >= 0.6 is 0 Å². The summed E-state index contributed by atoms with van der Waals surface area (Å²) in [6.07, 6.45) is 0. The lowest BCUT2D eigenvalue weighted by molar-refractivity contribution is 0.440. The predicted molar refractivity (Wildman–Crippen MR) is 61.8 cm³/mol. The van der Waals surface area contributed by atoms with Crippen LogP contribution in [0.3, 0.4) is 0 Å². The van der Waals surface area contributed by atoms with Gasteiger partial charge < -0.3 is 0 Å². The lowest BCUT2D eigenvalue weighted by atomic mass is 9.98. The van der Waals surface area contributed by atoms with E-state index in [0.717, 1.165) is 18.2 Å². The van der Waals surface area contributed by atoms with Gasteiger partial charge in [0.1, 0.15) is 11.6 Å². The van der Waals surface area contributed by atoms with Crippen LogP contribution in [-0.2, 0) is 0 Å². The molecule has 0 bridgehead atoms. The van der Waals surface area contributed by atoms with Gasteiger partial charge in [-0.15, -0.1) is 0 Å². The molecule has 1 unspecified atom stereocenters. The molecule has 106 valence electrons. The SMILES string of the molecule is NNC(c1cc(F)c(F)c(F)c1)c1c(F)cccc1F. The van der Waals surface area contributed by atoms with Gasteiger partial charge in [-0.2, -0.15) is 0 Å². The number of nitrogens with one attached hydrogen (secondary N) is 1. The fraction of sp³-hybridized carbons (Fsp3) is 0.0769. The molecule has 2 nitrogen and oxygen atoms in total. The Morgan fingerprint density at radius 3 is 1.80 bits per heavy atom. The zero-order valence-electron chi connectivity index (χ0n) is 9.93. The first kappa shape index (κ1) is 14.4. The first-order valence-electron chi connectivity index (χ1n) is 5.50. The minimum absolute atomic E-state index is 0.243.